The average molecular weight is 374 g/mol. The Hall–Kier alpha value is -1.88. The van der Waals surface area contributed by atoms with E-state index in [1.807, 2.05) is 26.0 Å². The zero-order chi connectivity index (χ0) is 19.8. The predicted octanol–water partition coefficient (Wildman–Crippen LogP) is 4.17. The highest BCUT2D eigenvalue weighted by Gasteiger charge is 2.51. The fraction of sp³-hybridized carbons (Fsp3) is 0.636. The molecule has 27 heavy (non-hydrogen) atoms. The van der Waals surface area contributed by atoms with E-state index in [0.29, 0.717) is 12.0 Å². The lowest BCUT2D eigenvalue weighted by molar-refractivity contribution is -0.144. The van der Waals surface area contributed by atoms with Crippen molar-refractivity contribution in [3.8, 4) is 0 Å². The summed E-state index contributed by atoms with van der Waals surface area (Å²) in [5.41, 5.74) is 3.88. The first-order chi connectivity index (χ1) is 12.7. The molecule has 0 spiro atoms. The minimum absolute atomic E-state index is 0.123. The molecule has 0 amide bonds. The molecule has 0 bridgehead atoms. The molecular formula is C22H30O5. The number of hydrogen-bond acceptors (Lipinski definition) is 5. The highest BCUT2D eigenvalue weighted by molar-refractivity contribution is 5.92. The first-order valence-corrected chi connectivity index (χ1v) is 9.78. The van der Waals surface area contributed by atoms with Crippen LogP contribution in [0.2, 0.25) is 0 Å². The first-order valence-electron chi connectivity index (χ1n) is 9.78. The van der Waals surface area contributed by atoms with Gasteiger partial charge in [0.2, 0.25) is 0 Å². The molecule has 2 heterocycles. The van der Waals surface area contributed by atoms with Gasteiger partial charge in [-0.2, -0.15) is 0 Å². The van der Waals surface area contributed by atoms with Crippen molar-refractivity contribution in [3.05, 3.63) is 34.4 Å². The lowest BCUT2D eigenvalue weighted by atomic mass is 9.90. The highest BCUT2D eigenvalue weighted by Crippen LogP contribution is 2.45. The van der Waals surface area contributed by atoms with Crippen molar-refractivity contribution in [2.75, 3.05) is 0 Å². The zero-order valence-corrected chi connectivity index (χ0v) is 17.0. The van der Waals surface area contributed by atoms with Gasteiger partial charge in [-0.1, -0.05) is 11.1 Å². The van der Waals surface area contributed by atoms with E-state index in [4.69, 9.17) is 14.2 Å². The van der Waals surface area contributed by atoms with E-state index in [2.05, 4.69) is 13.8 Å². The van der Waals surface area contributed by atoms with Crippen molar-refractivity contribution < 1.29 is 23.8 Å². The Kier molecular flexibility index (Phi) is 5.61. The number of carbonyl (C=O) groups excluding carboxylic acids is 2. The summed E-state index contributed by atoms with van der Waals surface area (Å²) in [5.74, 6) is -0.533. The Balaban J connectivity index is 1.88. The molecule has 2 aliphatic heterocycles. The third kappa shape index (κ3) is 4.70. The van der Waals surface area contributed by atoms with Crippen LogP contribution in [0, 0.1) is 0 Å². The summed E-state index contributed by atoms with van der Waals surface area (Å²) < 4.78 is 17.0. The van der Waals surface area contributed by atoms with Crippen LogP contribution in [-0.2, 0) is 23.8 Å². The van der Waals surface area contributed by atoms with Gasteiger partial charge >= 0.3 is 11.9 Å². The van der Waals surface area contributed by atoms with Crippen LogP contribution in [0.15, 0.2) is 34.4 Å². The summed E-state index contributed by atoms with van der Waals surface area (Å²) in [5, 5.41) is 0. The van der Waals surface area contributed by atoms with Crippen LogP contribution >= 0.6 is 0 Å². The predicted molar refractivity (Wildman–Crippen MR) is 102 cm³/mol. The van der Waals surface area contributed by atoms with Gasteiger partial charge < -0.3 is 14.2 Å². The molecule has 148 valence electrons. The largest absolute Gasteiger partial charge is 0.458 e. The molecule has 0 aromatic heterocycles. The summed E-state index contributed by atoms with van der Waals surface area (Å²) in [4.78, 5) is 23.6. The first kappa shape index (κ1) is 19.9. The van der Waals surface area contributed by atoms with Crippen LogP contribution < -0.4 is 0 Å². The van der Waals surface area contributed by atoms with Gasteiger partial charge in [0, 0.05) is 18.9 Å². The molecule has 4 unspecified atom stereocenters. The van der Waals surface area contributed by atoms with Crippen molar-refractivity contribution in [2.24, 2.45) is 0 Å². The third-order valence-electron chi connectivity index (χ3n) is 5.84. The molecule has 0 N–H and O–H groups in total. The number of esters is 2. The summed E-state index contributed by atoms with van der Waals surface area (Å²) in [6.07, 6.45) is 7.78. The molecule has 0 aromatic carbocycles. The molecule has 5 heteroatoms. The van der Waals surface area contributed by atoms with Crippen LogP contribution in [0.3, 0.4) is 0 Å². The Labute approximate surface area is 161 Å². The molecule has 3 rings (SSSR count). The second-order valence-electron chi connectivity index (χ2n) is 8.31. The second-order valence-corrected chi connectivity index (χ2v) is 8.31. The van der Waals surface area contributed by atoms with E-state index in [-0.39, 0.29) is 35.9 Å². The van der Waals surface area contributed by atoms with Gasteiger partial charge in [-0.3, -0.25) is 4.79 Å². The van der Waals surface area contributed by atoms with Gasteiger partial charge in [0.15, 0.2) is 0 Å². The Morgan fingerprint density at radius 1 is 1.19 bits per heavy atom. The van der Waals surface area contributed by atoms with E-state index in [1.54, 1.807) is 0 Å². The molecule has 5 nitrogen and oxygen atoms in total. The number of carbonyl (C=O) groups is 2. The van der Waals surface area contributed by atoms with E-state index in [0.717, 1.165) is 36.8 Å². The van der Waals surface area contributed by atoms with Crippen LogP contribution in [0.5, 0.6) is 0 Å². The van der Waals surface area contributed by atoms with E-state index in [9.17, 15) is 9.59 Å². The number of rotatable bonds is 1. The maximum absolute atomic E-state index is 12.1. The van der Waals surface area contributed by atoms with Crippen LogP contribution in [0.4, 0.5) is 0 Å². The molecule has 0 radical (unpaired) electrons. The van der Waals surface area contributed by atoms with E-state index >= 15 is 0 Å². The SMILES string of the molecule is CC(=O)OC1C=C(C)CCC2OC2(C)CCC2=C(C)C(=O)OC2C=C(C)C1. The van der Waals surface area contributed by atoms with Crippen molar-refractivity contribution in [2.45, 2.75) is 90.6 Å². The van der Waals surface area contributed by atoms with Crippen molar-refractivity contribution >= 4 is 11.9 Å². The molecule has 1 saturated heterocycles. The van der Waals surface area contributed by atoms with Crippen molar-refractivity contribution in [3.63, 3.8) is 0 Å². The maximum atomic E-state index is 12.1. The number of epoxide rings is 1. The summed E-state index contributed by atoms with van der Waals surface area (Å²) in [6.45, 7) is 9.48. The van der Waals surface area contributed by atoms with Gasteiger partial charge in [0.05, 0.1) is 11.7 Å². The fourth-order valence-corrected chi connectivity index (χ4v) is 4.09. The lowest BCUT2D eigenvalue weighted by Gasteiger charge is -2.18. The average Bonchev–Trinajstić information content (AvgIpc) is 3.13. The second kappa shape index (κ2) is 7.63. The van der Waals surface area contributed by atoms with Crippen LogP contribution in [-0.4, -0.2) is 35.9 Å². The summed E-state index contributed by atoms with van der Waals surface area (Å²) in [6, 6.07) is 0. The molecule has 0 saturated carbocycles. The standard InChI is InChI=1S/C22H30O5/c1-13-6-7-20-22(5,27-20)9-8-18-15(3)21(24)26-19(18)12-14(2)11-17(10-13)25-16(4)23/h10,12,17,19-20H,6-9,11H2,1-5H3. The minimum atomic E-state index is -0.329. The Morgan fingerprint density at radius 3 is 2.63 bits per heavy atom. The highest BCUT2D eigenvalue weighted by atomic mass is 16.6. The van der Waals surface area contributed by atoms with E-state index < -0.39 is 0 Å². The normalized spacial score (nSPS) is 34.6. The number of ether oxygens (including phenoxy) is 3. The number of hydrogen-bond donors (Lipinski definition) is 0. The smallest absolute Gasteiger partial charge is 0.334 e. The molecule has 3 aliphatic rings. The quantitative estimate of drug-likeness (QED) is 0.391. The maximum Gasteiger partial charge on any atom is 0.334 e. The zero-order valence-electron chi connectivity index (χ0n) is 17.0. The lowest BCUT2D eigenvalue weighted by Crippen LogP contribution is -2.17. The van der Waals surface area contributed by atoms with Gasteiger partial charge in [0.1, 0.15) is 12.2 Å². The van der Waals surface area contributed by atoms with Crippen molar-refractivity contribution in [1.29, 1.82) is 0 Å². The molecular weight excluding hydrogens is 344 g/mol. The fourth-order valence-electron chi connectivity index (χ4n) is 4.09. The molecule has 1 aliphatic carbocycles. The molecule has 4 atom stereocenters. The van der Waals surface area contributed by atoms with Gasteiger partial charge in [-0.05, 0) is 71.1 Å². The minimum Gasteiger partial charge on any atom is -0.458 e. The van der Waals surface area contributed by atoms with Gasteiger partial charge in [-0.15, -0.1) is 0 Å². The molecule has 1 fully saturated rings. The Bertz CT molecular complexity index is 729. The van der Waals surface area contributed by atoms with Crippen LogP contribution in [0.25, 0.3) is 0 Å². The number of fused-ring (bicyclic) bond motifs is 2. The third-order valence-corrected chi connectivity index (χ3v) is 5.84. The van der Waals surface area contributed by atoms with Crippen LogP contribution in [0.1, 0.15) is 66.7 Å². The van der Waals surface area contributed by atoms with Gasteiger partial charge in [0.25, 0.3) is 0 Å². The summed E-state index contributed by atoms with van der Waals surface area (Å²) >= 11 is 0. The topological polar surface area (TPSA) is 65.1 Å². The van der Waals surface area contributed by atoms with E-state index in [1.165, 1.54) is 12.5 Å². The Morgan fingerprint density at radius 2 is 1.93 bits per heavy atom. The number of allylic oxidation sites excluding steroid dienone is 1. The van der Waals surface area contributed by atoms with Crippen molar-refractivity contribution in [1.82, 2.24) is 0 Å². The molecule has 0 aromatic rings. The van der Waals surface area contributed by atoms with Gasteiger partial charge in [-0.25, -0.2) is 4.79 Å². The summed E-state index contributed by atoms with van der Waals surface area (Å²) in [7, 11) is 0. The monoisotopic (exact) mass is 374 g/mol.